The molecule has 0 atom stereocenters. The number of thiophene rings is 1. The average molecular weight is 344 g/mol. The summed E-state index contributed by atoms with van der Waals surface area (Å²) < 4.78 is 1.19. The molecule has 0 aliphatic carbocycles. The Morgan fingerprint density at radius 2 is 1.83 bits per heavy atom. The molecule has 5 heteroatoms. The molecule has 116 valence electrons. The van der Waals surface area contributed by atoms with Crippen molar-refractivity contribution in [3.05, 3.63) is 69.6 Å². The van der Waals surface area contributed by atoms with Crippen LogP contribution in [-0.2, 0) is 4.84 Å². The Bertz CT molecular complexity index is 914. The predicted molar refractivity (Wildman–Crippen MR) is 95.6 cm³/mol. The molecule has 2 aromatic carbocycles. The molecule has 0 spiro atoms. The van der Waals surface area contributed by atoms with Crippen LogP contribution < -0.4 is 0 Å². The van der Waals surface area contributed by atoms with Crippen LogP contribution in [0, 0.1) is 6.92 Å². The van der Waals surface area contributed by atoms with Crippen molar-refractivity contribution in [1.29, 1.82) is 0 Å². The zero-order valence-electron chi connectivity index (χ0n) is 12.7. The van der Waals surface area contributed by atoms with Gasteiger partial charge >= 0.3 is 5.97 Å². The summed E-state index contributed by atoms with van der Waals surface area (Å²) in [7, 11) is 0. The average Bonchev–Trinajstić information content (AvgIpc) is 2.90. The number of carbonyl (C=O) groups excluding carboxylic acids is 1. The van der Waals surface area contributed by atoms with Gasteiger partial charge in [-0.2, -0.15) is 0 Å². The summed E-state index contributed by atoms with van der Waals surface area (Å²) in [6, 6.07) is 14.9. The Kier molecular flexibility index (Phi) is 4.46. The zero-order valence-corrected chi connectivity index (χ0v) is 14.2. The lowest BCUT2D eigenvalue weighted by molar-refractivity contribution is 0.0516. The topological polar surface area (TPSA) is 38.7 Å². The number of nitrogens with zero attached hydrogens (tertiary/aromatic N) is 1. The van der Waals surface area contributed by atoms with Gasteiger partial charge in [0, 0.05) is 4.70 Å². The second-order valence-corrected chi connectivity index (χ2v) is 6.55. The molecule has 1 aromatic heterocycles. The van der Waals surface area contributed by atoms with Crippen LogP contribution in [-0.4, -0.2) is 11.7 Å². The summed E-state index contributed by atoms with van der Waals surface area (Å²) in [4.78, 5) is 18.1. The lowest BCUT2D eigenvalue weighted by Gasteiger charge is -2.02. The molecular weight excluding hydrogens is 330 g/mol. The van der Waals surface area contributed by atoms with Crippen LogP contribution >= 0.6 is 22.9 Å². The van der Waals surface area contributed by atoms with Gasteiger partial charge in [-0.25, -0.2) is 4.79 Å². The first-order valence-electron chi connectivity index (χ1n) is 7.07. The third-order valence-corrected chi connectivity index (χ3v) is 5.24. The summed E-state index contributed by atoms with van der Waals surface area (Å²) in [5.41, 5.74) is 2.11. The maximum absolute atomic E-state index is 12.0. The summed E-state index contributed by atoms with van der Waals surface area (Å²) in [6.07, 6.45) is 0. The van der Waals surface area contributed by atoms with Gasteiger partial charge in [-0.15, -0.1) is 11.3 Å². The van der Waals surface area contributed by atoms with E-state index < -0.39 is 5.97 Å². The van der Waals surface area contributed by atoms with Crippen LogP contribution in [0.5, 0.6) is 0 Å². The predicted octanol–water partition coefficient (Wildman–Crippen LogP) is 5.44. The van der Waals surface area contributed by atoms with E-state index in [0.717, 1.165) is 10.4 Å². The molecule has 3 nitrogen and oxygen atoms in total. The fraction of sp³-hybridized carbons (Fsp3) is 0.111. The number of benzene rings is 2. The van der Waals surface area contributed by atoms with E-state index in [1.54, 1.807) is 35.6 Å². The van der Waals surface area contributed by atoms with Gasteiger partial charge in [0.2, 0.25) is 0 Å². The van der Waals surface area contributed by atoms with Crippen LogP contribution in [0.3, 0.4) is 0 Å². The Balaban J connectivity index is 1.86. The van der Waals surface area contributed by atoms with Gasteiger partial charge in [-0.1, -0.05) is 47.1 Å². The highest BCUT2D eigenvalue weighted by molar-refractivity contribution is 7.21. The first kappa shape index (κ1) is 15.7. The van der Waals surface area contributed by atoms with Crippen molar-refractivity contribution in [3.8, 4) is 0 Å². The zero-order chi connectivity index (χ0) is 16.4. The molecular formula is C18H14ClNO2S. The van der Waals surface area contributed by atoms with Crippen LogP contribution in [0.15, 0.2) is 53.7 Å². The summed E-state index contributed by atoms with van der Waals surface area (Å²) in [5, 5.41) is 5.53. The Hall–Kier alpha value is -2.17. The van der Waals surface area contributed by atoms with Crippen molar-refractivity contribution < 1.29 is 9.63 Å². The number of hydrogen-bond donors (Lipinski definition) is 0. The second kappa shape index (κ2) is 6.52. The molecule has 23 heavy (non-hydrogen) atoms. The van der Waals surface area contributed by atoms with Crippen LogP contribution in [0.1, 0.15) is 27.7 Å². The third-order valence-electron chi connectivity index (χ3n) is 3.53. The fourth-order valence-electron chi connectivity index (χ4n) is 2.35. The molecule has 0 saturated carbocycles. The quantitative estimate of drug-likeness (QED) is 0.360. The van der Waals surface area contributed by atoms with E-state index in [-0.39, 0.29) is 0 Å². The minimum atomic E-state index is -0.561. The first-order chi connectivity index (χ1) is 11.1. The molecule has 3 aromatic rings. The third kappa shape index (κ3) is 3.14. The Morgan fingerprint density at radius 3 is 2.57 bits per heavy atom. The lowest BCUT2D eigenvalue weighted by atomic mass is 10.1. The van der Waals surface area contributed by atoms with Gasteiger partial charge in [0.25, 0.3) is 0 Å². The van der Waals surface area contributed by atoms with Gasteiger partial charge < -0.3 is 4.84 Å². The highest BCUT2D eigenvalue weighted by atomic mass is 35.5. The molecule has 0 radical (unpaired) electrons. The van der Waals surface area contributed by atoms with E-state index in [1.165, 1.54) is 10.1 Å². The monoisotopic (exact) mass is 343 g/mol. The largest absolute Gasteiger partial charge is 0.367 e. The molecule has 0 fully saturated rings. The minimum absolute atomic E-state index is 0.304. The standard InChI is InChI=1S/C18H14ClNO2S/c1-11-13-7-4-6-10-16(13)23-17(11)12(2)20-22-18(21)14-8-3-5-9-15(14)19/h3-10H,1-2H3. The number of halogens is 1. The van der Waals surface area contributed by atoms with E-state index in [1.807, 2.05) is 26.0 Å². The van der Waals surface area contributed by atoms with Crippen LogP contribution in [0.25, 0.3) is 10.1 Å². The van der Waals surface area contributed by atoms with Crippen molar-refractivity contribution in [2.45, 2.75) is 13.8 Å². The number of fused-ring (bicyclic) bond motifs is 1. The van der Waals surface area contributed by atoms with Crippen LogP contribution in [0.4, 0.5) is 0 Å². The van der Waals surface area contributed by atoms with E-state index in [0.29, 0.717) is 16.3 Å². The van der Waals surface area contributed by atoms with E-state index in [9.17, 15) is 4.79 Å². The molecule has 0 N–H and O–H groups in total. The van der Waals surface area contributed by atoms with Crippen LogP contribution in [0.2, 0.25) is 5.02 Å². The molecule has 0 unspecified atom stereocenters. The summed E-state index contributed by atoms with van der Waals surface area (Å²) in [6.45, 7) is 3.88. The SMILES string of the molecule is CC(=NOC(=O)c1ccccc1Cl)c1sc2ccccc2c1C. The highest BCUT2D eigenvalue weighted by Crippen LogP contribution is 2.31. The molecule has 3 rings (SSSR count). The van der Waals surface area contributed by atoms with Crippen molar-refractivity contribution in [3.63, 3.8) is 0 Å². The fourth-order valence-corrected chi connectivity index (χ4v) is 3.71. The number of hydrogen-bond acceptors (Lipinski definition) is 4. The van der Waals surface area contributed by atoms with Gasteiger partial charge in [-0.3, -0.25) is 0 Å². The summed E-state index contributed by atoms with van der Waals surface area (Å²) >= 11 is 7.62. The van der Waals surface area contributed by atoms with Gasteiger partial charge in [-0.05, 0) is 43.0 Å². The number of carbonyl (C=O) groups is 1. The van der Waals surface area contributed by atoms with Crippen molar-refractivity contribution in [2.75, 3.05) is 0 Å². The molecule has 0 aliphatic heterocycles. The molecule has 0 saturated heterocycles. The second-order valence-electron chi connectivity index (χ2n) is 5.09. The van der Waals surface area contributed by atoms with E-state index in [2.05, 4.69) is 17.3 Å². The van der Waals surface area contributed by atoms with E-state index >= 15 is 0 Å². The van der Waals surface area contributed by atoms with E-state index in [4.69, 9.17) is 16.4 Å². The molecule has 0 amide bonds. The van der Waals surface area contributed by atoms with Crippen molar-refractivity contribution >= 4 is 44.7 Å². The maximum Gasteiger partial charge on any atom is 0.367 e. The Morgan fingerprint density at radius 1 is 1.13 bits per heavy atom. The van der Waals surface area contributed by atoms with Gasteiger partial charge in [0.1, 0.15) is 0 Å². The Labute approximate surface area is 143 Å². The number of rotatable bonds is 3. The van der Waals surface area contributed by atoms with Crippen molar-refractivity contribution in [1.82, 2.24) is 0 Å². The minimum Gasteiger partial charge on any atom is -0.312 e. The maximum atomic E-state index is 12.0. The van der Waals surface area contributed by atoms with Gasteiger partial charge in [0.15, 0.2) is 0 Å². The summed E-state index contributed by atoms with van der Waals surface area (Å²) in [5.74, 6) is -0.561. The molecule has 0 bridgehead atoms. The smallest absolute Gasteiger partial charge is 0.312 e. The highest BCUT2D eigenvalue weighted by Gasteiger charge is 2.14. The molecule has 1 heterocycles. The van der Waals surface area contributed by atoms with Gasteiger partial charge in [0.05, 0.1) is 21.2 Å². The normalized spacial score (nSPS) is 11.7. The van der Waals surface area contributed by atoms with Crippen molar-refractivity contribution in [2.24, 2.45) is 5.16 Å². The number of oxime groups is 1. The molecule has 0 aliphatic rings. The number of aryl methyl sites for hydroxylation is 1. The lowest BCUT2D eigenvalue weighted by Crippen LogP contribution is -2.04. The first-order valence-corrected chi connectivity index (χ1v) is 8.26.